The second-order valence-electron chi connectivity index (χ2n) is 2.55. The summed E-state index contributed by atoms with van der Waals surface area (Å²) < 4.78 is 17.2. The fourth-order valence-electron chi connectivity index (χ4n) is 1.01. The Morgan fingerprint density at radius 2 is 2.00 bits per heavy atom. The SMILES string of the molecule is OCC1OCC(F)C(O)C1O. The quantitative estimate of drug-likeness (QED) is 0.440. The minimum atomic E-state index is -1.56. The van der Waals surface area contributed by atoms with Crippen LogP contribution in [0.3, 0.4) is 0 Å². The summed E-state index contributed by atoms with van der Waals surface area (Å²) in [7, 11) is 0. The van der Waals surface area contributed by atoms with Crippen LogP contribution in [-0.4, -0.2) is 53.0 Å². The van der Waals surface area contributed by atoms with Gasteiger partial charge < -0.3 is 20.1 Å². The van der Waals surface area contributed by atoms with Crippen LogP contribution in [0, 0.1) is 0 Å². The summed E-state index contributed by atoms with van der Waals surface area (Å²) in [5, 5.41) is 26.5. The number of aliphatic hydroxyl groups is 3. The number of hydrogen-bond donors (Lipinski definition) is 3. The third-order valence-electron chi connectivity index (χ3n) is 1.75. The van der Waals surface area contributed by atoms with Crippen LogP contribution in [0.4, 0.5) is 4.39 Å². The molecular weight excluding hydrogens is 155 g/mol. The summed E-state index contributed by atoms with van der Waals surface area (Å²) in [4.78, 5) is 0. The van der Waals surface area contributed by atoms with Crippen molar-refractivity contribution >= 4 is 0 Å². The van der Waals surface area contributed by atoms with E-state index in [-0.39, 0.29) is 6.61 Å². The van der Waals surface area contributed by atoms with E-state index in [1.54, 1.807) is 0 Å². The maximum Gasteiger partial charge on any atom is 0.152 e. The van der Waals surface area contributed by atoms with E-state index in [1.165, 1.54) is 0 Å². The largest absolute Gasteiger partial charge is 0.394 e. The molecule has 0 saturated carbocycles. The molecule has 0 aromatic rings. The van der Waals surface area contributed by atoms with Gasteiger partial charge in [0.05, 0.1) is 13.2 Å². The van der Waals surface area contributed by atoms with Crippen LogP contribution in [0.25, 0.3) is 0 Å². The Morgan fingerprint density at radius 3 is 2.55 bits per heavy atom. The summed E-state index contributed by atoms with van der Waals surface area (Å²) in [5.74, 6) is 0. The highest BCUT2D eigenvalue weighted by molar-refractivity contribution is 4.86. The number of halogens is 1. The second-order valence-corrected chi connectivity index (χ2v) is 2.55. The van der Waals surface area contributed by atoms with E-state index in [0.717, 1.165) is 0 Å². The summed E-state index contributed by atoms with van der Waals surface area (Å²) >= 11 is 0. The molecule has 1 aliphatic rings. The molecule has 1 fully saturated rings. The van der Waals surface area contributed by atoms with Crippen molar-refractivity contribution in [2.24, 2.45) is 0 Å². The zero-order chi connectivity index (χ0) is 8.43. The molecule has 0 amide bonds. The summed E-state index contributed by atoms with van der Waals surface area (Å²) in [6.07, 6.45) is -5.20. The first-order valence-corrected chi connectivity index (χ1v) is 3.39. The Labute approximate surface area is 63.2 Å². The van der Waals surface area contributed by atoms with Gasteiger partial charge in [0, 0.05) is 0 Å². The van der Waals surface area contributed by atoms with Gasteiger partial charge in [0.1, 0.15) is 18.3 Å². The Kier molecular flexibility index (Phi) is 2.78. The number of rotatable bonds is 1. The van der Waals surface area contributed by atoms with Gasteiger partial charge in [-0.25, -0.2) is 4.39 Å². The Hall–Kier alpha value is -0.230. The smallest absolute Gasteiger partial charge is 0.152 e. The number of alkyl halides is 1. The lowest BCUT2D eigenvalue weighted by molar-refractivity contribution is -0.178. The maximum atomic E-state index is 12.5. The third kappa shape index (κ3) is 1.67. The molecule has 0 bridgehead atoms. The van der Waals surface area contributed by atoms with Crippen LogP contribution in [0.2, 0.25) is 0 Å². The van der Waals surface area contributed by atoms with Gasteiger partial charge in [0.25, 0.3) is 0 Å². The van der Waals surface area contributed by atoms with Crippen LogP contribution in [0.15, 0.2) is 0 Å². The van der Waals surface area contributed by atoms with Gasteiger partial charge in [-0.1, -0.05) is 0 Å². The standard InChI is InChI=1S/C6H11FO4/c7-3-2-11-4(1-8)6(10)5(3)9/h3-6,8-10H,1-2H2. The Morgan fingerprint density at radius 1 is 1.36 bits per heavy atom. The molecular formula is C6H11FO4. The van der Waals surface area contributed by atoms with Crippen LogP contribution in [0.5, 0.6) is 0 Å². The fraction of sp³-hybridized carbons (Fsp3) is 1.00. The second kappa shape index (κ2) is 3.44. The van der Waals surface area contributed by atoms with Crippen LogP contribution < -0.4 is 0 Å². The maximum absolute atomic E-state index is 12.5. The van der Waals surface area contributed by atoms with Crippen molar-refractivity contribution < 1.29 is 24.4 Å². The lowest BCUT2D eigenvalue weighted by atomic mass is 10.0. The molecule has 1 saturated heterocycles. The average molecular weight is 166 g/mol. The van der Waals surface area contributed by atoms with Gasteiger partial charge >= 0.3 is 0 Å². The van der Waals surface area contributed by atoms with Crippen molar-refractivity contribution in [2.45, 2.75) is 24.5 Å². The van der Waals surface area contributed by atoms with E-state index >= 15 is 0 Å². The first-order valence-electron chi connectivity index (χ1n) is 3.39. The Bertz CT molecular complexity index is 130. The fourth-order valence-corrected chi connectivity index (χ4v) is 1.01. The predicted octanol–water partition coefficient (Wildman–Crippen LogP) is -1.56. The summed E-state index contributed by atoms with van der Waals surface area (Å²) in [5.41, 5.74) is 0. The van der Waals surface area contributed by atoms with E-state index in [1.807, 2.05) is 0 Å². The molecule has 4 atom stereocenters. The van der Waals surface area contributed by atoms with Gasteiger partial charge in [-0.05, 0) is 0 Å². The summed E-state index contributed by atoms with van der Waals surface area (Å²) in [6, 6.07) is 0. The Balaban J connectivity index is 2.52. The van der Waals surface area contributed by atoms with Crippen molar-refractivity contribution in [1.29, 1.82) is 0 Å². The van der Waals surface area contributed by atoms with Crippen LogP contribution in [-0.2, 0) is 4.74 Å². The van der Waals surface area contributed by atoms with Crippen molar-refractivity contribution in [3.63, 3.8) is 0 Å². The normalized spacial score (nSPS) is 45.8. The molecule has 0 aliphatic carbocycles. The van der Waals surface area contributed by atoms with E-state index in [4.69, 9.17) is 15.3 Å². The van der Waals surface area contributed by atoms with Gasteiger partial charge in [0.15, 0.2) is 6.17 Å². The number of ether oxygens (including phenoxy) is 1. The van der Waals surface area contributed by atoms with Crippen LogP contribution in [0.1, 0.15) is 0 Å². The lowest BCUT2D eigenvalue weighted by Gasteiger charge is -2.32. The van der Waals surface area contributed by atoms with Crippen LogP contribution >= 0.6 is 0 Å². The molecule has 0 aromatic carbocycles. The van der Waals surface area contributed by atoms with Crippen molar-refractivity contribution in [3.05, 3.63) is 0 Å². The average Bonchev–Trinajstić information content (AvgIpc) is 2.01. The molecule has 0 spiro atoms. The van der Waals surface area contributed by atoms with Crippen molar-refractivity contribution in [2.75, 3.05) is 13.2 Å². The van der Waals surface area contributed by atoms with Crippen molar-refractivity contribution in [3.8, 4) is 0 Å². The third-order valence-corrected chi connectivity index (χ3v) is 1.75. The molecule has 1 heterocycles. The van der Waals surface area contributed by atoms with E-state index in [2.05, 4.69) is 4.74 Å². The highest BCUT2D eigenvalue weighted by atomic mass is 19.1. The first-order chi connectivity index (χ1) is 5.16. The lowest BCUT2D eigenvalue weighted by Crippen LogP contribution is -2.52. The molecule has 0 radical (unpaired) electrons. The highest BCUT2D eigenvalue weighted by Crippen LogP contribution is 2.16. The van der Waals surface area contributed by atoms with Gasteiger partial charge in [-0.15, -0.1) is 0 Å². The minimum absolute atomic E-state index is 0.274. The molecule has 66 valence electrons. The van der Waals surface area contributed by atoms with Gasteiger partial charge in [-0.2, -0.15) is 0 Å². The predicted molar refractivity (Wildman–Crippen MR) is 33.7 cm³/mol. The highest BCUT2D eigenvalue weighted by Gasteiger charge is 2.37. The van der Waals surface area contributed by atoms with Gasteiger partial charge in [-0.3, -0.25) is 0 Å². The molecule has 1 rings (SSSR count). The molecule has 4 unspecified atom stereocenters. The molecule has 3 N–H and O–H groups in total. The zero-order valence-electron chi connectivity index (χ0n) is 5.85. The summed E-state index contributed by atoms with van der Waals surface area (Å²) in [6.45, 7) is -0.686. The van der Waals surface area contributed by atoms with Crippen molar-refractivity contribution in [1.82, 2.24) is 0 Å². The van der Waals surface area contributed by atoms with E-state index in [9.17, 15) is 4.39 Å². The number of aliphatic hydroxyl groups excluding tert-OH is 3. The molecule has 0 aromatic heterocycles. The number of hydrogen-bond acceptors (Lipinski definition) is 4. The van der Waals surface area contributed by atoms with Gasteiger partial charge in [0.2, 0.25) is 0 Å². The molecule has 1 aliphatic heterocycles. The molecule has 5 heteroatoms. The monoisotopic (exact) mass is 166 g/mol. The minimum Gasteiger partial charge on any atom is -0.394 e. The zero-order valence-corrected chi connectivity index (χ0v) is 5.85. The van der Waals surface area contributed by atoms with E-state index in [0.29, 0.717) is 0 Å². The molecule has 11 heavy (non-hydrogen) atoms. The molecule has 4 nitrogen and oxygen atoms in total. The first kappa shape index (κ1) is 8.86. The topological polar surface area (TPSA) is 69.9 Å². The van der Waals surface area contributed by atoms with E-state index < -0.39 is 31.1 Å².